The van der Waals surface area contributed by atoms with E-state index >= 15 is 0 Å². The van der Waals surface area contributed by atoms with E-state index in [0.717, 1.165) is 9.77 Å². The summed E-state index contributed by atoms with van der Waals surface area (Å²) in [6.45, 7) is 0. The first-order valence-electron chi connectivity index (χ1n) is 6.35. The smallest absolute Gasteiger partial charge is 0.282 e. The molecule has 0 spiro atoms. The highest BCUT2D eigenvalue weighted by atomic mass is 32.2. The number of rotatable bonds is 6. The molecule has 0 aliphatic carbocycles. The van der Waals surface area contributed by atoms with Gasteiger partial charge in [0.25, 0.3) is 11.6 Å². The highest BCUT2D eigenvalue weighted by molar-refractivity contribution is 8.00. The van der Waals surface area contributed by atoms with Crippen molar-refractivity contribution >= 4 is 40.9 Å². The SMILES string of the molecule is COc1sc(SC)cc1C=NNC(=O)c1ccccc1[N+](=O)[O-]. The summed E-state index contributed by atoms with van der Waals surface area (Å²) in [5.41, 5.74) is 2.71. The van der Waals surface area contributed by atoms with E-state index in [1.54, 1.807) is 24.9 Å². The number of hydrogen-bond donors (Lipinski definition) is 1. The molecular formula is C14H13N3O4S2. The maximum atomic E-state index is 12.0. The normalized spacial score (nSPS) is 10.7. The molecule has 1 heterocycles. The fourth-order valence-electron chi connectivity index (χ4n) is 1.76. The minimum absolute atomic E-state index is 0.0447. The summed E-state index contributed by atoms with van der Waals surface area (Å²) < 4.78 is 6.28. The van der Waals surface area contributed by atoms with Crippen molar-refractivity contribution in [2.75, 3.05) is 13.4 Å². The minimum atomic E-state index is -0.646. The minimum Gasteiger partial charge on any atom is -0.487 e. The topological polar surface area (TPSA) is 93.8 Å². The van der Waals surface area contributed by atoms with E-state index in [0.29, 0.717) is 5.06 Å². The molecule has 7 nitrogen and oxygen atoms in total. The highest BCUT2D eigenvalue weighted by Gasteiger charge is 2.18. The molecule has 1 aromatic heterocycles. The number of nitro benzene ring substituents is 1. The van der Waals surface area contributed by atoms with Gasteiger partial charge < -0.3 is 4.74 Å². The standard InChI is InChI=1S/C14H13N3O4S2/c1-21-14-9(7-12(22-2)23-14)8-15-16-13(18)10-5-3-4-6-11(10)17(19)20/h3-8H,1-2H3,(H,16,18). The first kappa shape index (κ1) is 17.0. The second kappa shape index (κ2) is 7.75. The summed E-state index contributed by atoms with van der Waals surface area (Å²) in [4.78, 5) is 22.3. The van der Waals surface area contributed by atoms with Crippen LogP contribution in [0.1, 0.15) is 15.9 Å². The molecule has 120 valence electrons. The van der Waals surface area contributed by atoms with Crippen molar-refractivity contribution in [3.63, 3.8) is 0 Å². The van der Waals surface area contributed by atoms with Gasteiger partial charge in [0.15, 0.2) is 5.06 Å². The molecule has 0 fully saturated rings. The van der Waals surface area contributed by atoms with Crippen molar-refractivity contribution in [1.29, 1.82) is 0 Å². The molecule has 0 unspecified atom stereocenters. The Morgan fingerprint density at radius 3 is 2.87 bits per heavy atom. The zero-order chi connectivity index (χ0) is 16.8. The maximum absolute atomic E-state index is 12.0. The molecule has 1 N–H and O–H groups in total. The van der Waals surface area contributed by atoms with Gasteiger partial charge in [-0.2, -0.15) is 5.10 Å². The van der Waals surface area contributed by atoms with Gasteiger partial charge in [0.05, 0.1) is 22.5 Å². The van der Waals surface area contributed by atoms with Gasteiger partial charge in [0.1, 0.15) is 5.56 Å². The number of hydrazone groups is 1. The number of carbonyl (C=O) groups excluding carboxylic acids is 1. The lowest BCUT2D eigenvalue weighted by molar-refractivity contribution is -0.385. The first-order chi connectivity index (χ1) is 11.1. The Balaban J connectivity index is 2.13. The van der Waals surface area contributed by atoms with Crippen LogP contribution in [0.2, 0.25) is 0 Å². The average molecular weight is 351 g/mol. The van der Waals surface area contributed by atoms with Gasteiger partial charge in [-0.3, -0.25) is 14.9 Å². The molecule has 0 bridgehead atoms. The molecule has 2 aromatic rings. The van der Waals surface area contributed by atoms with E-state index in [-0.39, 0.29) is 11.3 Å². The number of hydrogen-bond acceptors (Lipinski definition) is 7. The molecule has 0 aliphatic heterocycles. The number of carbonyl (C=O) groups is 1. The number of amides is 1. The van der Waals surface area contributed by atoms with Crippen molar-refractivity contribution in [3.05, 3.63) is 51.6 Å². The molecular weight excluding hydrogens is 338 g/mol. The van der Waals surface area contributed by atoms with Crippen LogP contribution < -0.4 is 10.2 Å². The molecule has 0 aliphatic rings. The third kappa shape index (κ3) is 4.08. The van der Waals surface area contributed by atoms with Crippen LogP contribution in [0, 0.1) is 10.1 Å². The van der Waals surface area contributed by atoms with Crippen molar-refractivity contribution in [1.82, 2.24) is 5.43 Å². The van der Waals surface area contributed by atoms with E-state index in [1.165, 1.54) is 35.8 Å². The van der Waals surface area contributed by atoms with E-state index in [4.69, 9.17) is 4.74 Å². The third-order valence-electron chi connectivity index (χ3n) is 2.80. The molecule has 0 atom stereocenters. The van der Waals surface area contributed by atoms with Crippen LogP contribution in [-0.4, -0.2) is 30.4 Å². The summed E-state index contributed by atoms with van der Waals surface area (Å²) in [5, 5.41) is 15.4. The average Bonchev–Trinajstić information content (AvgIpc) is 2.97. The Bertz CT molecular complexity index is 758. The zero-order valence-electron chi connectivity index (χ0n) is 12.3. The van der Waals surface area contributed by atoms with Gasteiger partial charge in [-0.25, -0.2) is 5.43 Å². The predicted molar refractivity (Wildman–Crippen MR) is 90.8 cm³/mol. The van der Waals surface area contributed by atoms with Gasteiger partial charge >= 0.3 is 0 Å². The monoisotopic (exact) mass is 351 g/mol. The highest BCUT2D eigenvalue weighted by Crippen LogP contribution is 2.34. The molecule has 23 heavy (non-hydrogen) atoms. The van der Waals surface area contributed by atoms with Crippen LogP contribution in [0.15, 0.2) is 39.6 Å². The Morgan fingerprint density at radius 2 is 2.22 bits per heavy atom. The number of nitro groups is 1. The first-order valence-corrected chi connectivity index (χ1v) is 8.39. The summed E-state index contributed by atoms with van der Waals surface area (Å²) in [5.74, 6) is -0.646. The van der Waals surface area contributed by atoms with Crippen LogP contribution in [0.5, 0.6) is 5.06 Å². The Kier molecular flexibility index (Phi) is 5.72. The Hall–Kier alpha value is -2.39. The fraction of sp³-hybridized carbons (Fsp3) is 0.143. The molecule has 9 heteroatoms. The van der Waals surface area contributed by atoms with Crippen LogP contribution in [0.4, 0.5) is 5.69 Å². The van der Waals surface area contributed by atoms with Crippen LogP contribution in [-0.2, 0) is 0 Å². The van der Waals surface area contributed by atoms with Gasteiger partial charge in [0, 0.05) is 11.6 Å². The summed E-state index contributed by atoms with van der Waals surface area (Å²) in [7, 11) is 1.55. The predicted octanol–water partition coefficient (Wildman–Crippen LogP) is 3.15. The number of thiophene rings is 1. The quantitative estimate of drug-likeness (QED) is 0.373. The third-order valence-corrected chi connectivity index (χ3v) is 4.98. The lowest BCUT2D eigenvalue weighted by atomic mass is 10.2. The van der Waals surface area contributed by atoms with Crippen LogP contribution in [0.25, 0.3) is 0 Å². The number of nitrogens with one attached hydrogen (secondary N) is 1. The number of ether oxygens (including phenoxy) is 1. The number of thioether (sulfide) groups is 1. The molecule has 0 radical (unpaired) electrons. The molecule has 2 rings (SSSR count). The van der Waals surface area contributed by atoms with Crippen molar-refractivity contribution in [2.45, 2.75) is 4.21 Å². The van der Waals surface area contributed by atoms with Crippen LogP contribution in [0.3, 0.4) is 0 Å². The lowest BCUT2D eigenvalue weighted by Gasteiger charge is -2.01. The number of benzene rings is 1. The van der Waals surface area contributed by atoms with Gasteiger partial charge in [-0.15, -0.1) is 11.8 Å². The van der Waals surface area contributed by atoms with Gasteiger partial charge in [-0.05, 0) is 18.4 Å². The summed E-state index contributed by atoms with van der Waals surface area (Å²) in [6.07, 6.45) is 3.39. The second-order valence-electron chi connectivity index (χ2n) is 4.19. The largest absolute Gasteiger partial charge is 0.487 e. The lowest BCUT2D eigenvalue weighted by Crippen LogP contribution is -2.18. The number of para-hydroxylation sites is 1. The Morgan fingerprint density at radius 1 is 1.48 bits per heavy atom. The molecule has 0 saturated heterocycles. The number of nitrogens with zero attached hydrogens (tertiary/aromatic N) is 2. The molecule has 1 aromatic carbocycles. The maximum Gasteiger partial charge on any atom is 0.282 e. The molecule has 1 amide bonds. The summed E-state index contributed by atoms with van der Waals surface area (Å²) >= 11 is 3.04. The zero-order valence-corrected chi connectivity index (χ0v) is 13.9. The Labute approximate surface area is 140 Å². The number of methoxy groups -OCH3 is 1. The van der Waals surface area contributed by atoms with Crippen molar-refractivity contribution in [3.8, 4) is 5.06 Å². The summed E-state index contributed by atoms with van der Waals surface area (Å²) in [6, 6.07) is 7.58. The van der Waals surface area contributed by atoms with Gasteiger partial charge in [-0.1, -0.05) is 23.5 Å². The van der Waals surface area contributed by atoms with Crippen molar-refractivity contribution < 1.29 is 14.5 Å². The van der Waals surface area contributed by atoms with Gasteiger partial charge in [0.2, 0.25) is 0 Å². The van der Waals surface area contributed by atoms with E-state index in [9.17, 15) is 14.9 Å². The van der Waals surface area contributed by atoms with E-state index < -0.39 is 10.8 Å². The second-order valence-corrected chi connectivity index (χ2v) is 6.31. The molecule has 0 saturated carbocycles. The fourth-order valence-corrected chi connectivity index (χ4v) is 3.25. The van der Waals surface area contributed by atoms with E-state index in [1.807, 2.05) is 12.3 Å². The van der Waals surface area contributed by atoms with Crippen LogP contribution >= 0.6 is 23.1 Å². The van der Waals surface area contributed by atoms with Crippen molar-refractivity contribution in [2.24, 2.45) is 5.10 Å². The van der Waals surface area contributed by atoms with E-state index in [2.05, 4.69) is 10.5 Å².